The fourth-order valence-electron chi connectivity index (χ4n) is 1.53. The monoisotopic (exact) mass is 293 g/mol. The normalized spacial score (nSPS) is 12.8. The molecule has 1 atom stereocenters. The van der Waals surface area contributed by atoms with Crippen molar-refractivity contribution in [1.29, 1.82) is 5.26 Å². The molecule has 1 aromatic carbocycles. The van der Waals surface area contributed by atoms with Crippen LogP contribution in [0.15, 0.2) is 40.7 Å². The number of nitrogens with one attached hydrogen (secondary N) is 1. The molecular weight excluding hydrogens is 282 g/mol. The summed E-state index contributed by atoms with van der Waals surface area (Å²) in [4.78, 5) is 4.15. The van der Waals surface area contributed by atoms with Gasteiger partial charge in [0.25, 0.3) is 0 Å². The van der Waals surface area contributed by atoms with Gasteiger partial charge in [0.05, 0.1) is 22.6 Å². The molecule has 2 rings (SSSR count). The van der Waals surface area contributed by atoms with Crippen LogP contribution in [0.5, 0.6) is 0 Å². The van der Waals surface area contributed by atoms with Gasteiger partial charge in [0, 0.05) is 11.6 Å². The standard InChI is InChI=1S/C12H11N3O2S2/c1-9(12-14-5-6-18-12)15-19(16,17)11-4-2-3-10(7-11)8-13/h2-7,9,15H,1H3. The summed E-state index contributed by atoms with van der Waals surface area (Å²) in [6.45, 7) is 1.73. The topological polar surface area (TPSA) is 82.9 Å². The minimum Gasteiger partial charge on any atom is -0.248 e. The van der Waals surface area contributed by atoms with E-state index in [9.17, 15) is 8.42 Å². The Balaban J connectivity index is 2.25. The van der Waals surface area contributed by atoms with Crippen LogP contribution in [-0.4, -0.2) is 13.4 Å². The summed E-state index contributed by atoms with van der Waals surface area (Å²) in [7, 11) is -3.65. The highest BCUT2D eigenvalue weighted by atomic mass is 32.2. The Bertz CT molecular complexity index is 703. The molecule has 1 heterocycles. The summed E-state index contributed by atoms with van der Waals surface area (Å²) >= 11 is 1.38. The van der Waals surface area contributed by atoms with Crippen molar-refractivity contribution in [2.75, 3.05) is 0 Å². The van der Waals surface area contributed by atoms with Gasteiger partial charge in [-0.1, -0.05) is 6.07 Å². The summed E-state index contributed by atoms with van der Waals surface area (Å²) < 4.78 is 26.9. The van der Waals surface area contributed by atoms with Crippen molar-refractivity contribution in [3.63, 3.8) is 0 Å². The second-order valence-electron chi connectivity index (χ2n) is 3.85. The van der Waals surface area contributed by atoms with E-state index in [1.807, 2.05) is 6.07 Å². The fraction of sp³-hybridized carbons (Fsp3) is 0.167. The van der Waals surface area contributed by atoms with Crippen LogP contribution in [0.3, 0.4) is 0 Å². The molecule has 0 saturated carbocycles. The number of hydrogen-bond acceptors (Lipinski definition) is 5. The Morgan fingerprint density at radius 2 is 2.26 bits per heavy atom. The second-order valence-corrected chi connectivity index (χ2v) is 6.49. The number of nitrogens with zero attached hydrogens (tertiary/aromatic N) is 2. The van der Waals surface area contributed by atoms with E-state index in [2.05, 4.69) is 9.71 Å². The van der Waals surface area contributed by atoms with E-state index in [0.717, 1.165) is 0 Å². The highest BCUT2D eigenvalue weighted by Gasteiger charge is 2.19. The van der Waals surface area contributed by atoms with Crippen LogP contribution in [0.25, 0.3) is 0 Å². The Morgan fingerprint density at radius 1 is 1.47 bits per heavy atom. The summed E-state index contributed by atoms with van der Waals surface area (Å²) in [6, 6.07) is 7.41. The van der Waals surface area contributed by atoms with E-state index in [-0.39, 0.29) is 4.90 Å². The number of rotatable bonds is 4. The number of benzene rings is 1. The van der Waals surface area contributed by atoms with E-state index in [0.29, 0.717) is 10.6 Å². The van der Waals surface area contributed by atoms with Gasteiger partial charge in [-0.15, -0.1) is 11.3 Å². The molecule has 0 saturated heterocycles. The maximum absolute atomic E-state index is 12.2. The summed E-state index contributed by atoms with van der Waals surface area (Å²) in [6.07, 6.45) is 1.63. The lowest BCUT2D eigenvalue weighted by Crippen LogP contribution is -2.26. The molecular formula is C12H11N3O2S2. The van der Waals surface area contributed by atoms with Crippen LogP contribution in [-0.2, 0) is 10.0 Å². The van der Waals surface area contributed by atoms with Crippen molar-refractivity contribution in [3.05, 3.63) is 46.4 Å². The van der Waals surface area contributed by atoms with E-state index in [4.69, 9.17) is 5.26 Å². The number of thiazole rings is 1. The van der Waals surface area contributed by atoms with Gasteiger partial charge in [0.15, 0.2) is 0 Å². The van der Waals surface area contributed by atoms with Crippen molar-refractivity contribution >= 4 is 21.4 Å². The van der Waals surface area contributed by atoms with Crippen LogP contribution in [0.4, 0.5) is 0 Å². The van der Waals surface area contributed by atoms with Crippen molar-refractivity contribution < 1.29 is 8.42 Å². The van der Waals surface area contributed by atoms with Crippen molar-refractivity contribution in [3.8, 4) is 6.07 Å². The highest BCUT2D eigenvalue weighted by molar-refractivity contribution is 7.89. The first kappa shape index (κ1) is 13.7. The lowest BCUT2D eigenvalue weighted by atomic mass is 10.2. The SMILES string of the molecule is CC(NS(=O)(=O)c1cccc(C#N)c1)c1nccs1. The third-order valence-corrected chi connectivity index (χ3v) is 4.92. The molecule has 0 aliphatic rings. The molecule has 0 bridgehead atoms. The summed E-state index contributed by atoms with van der Waals surface area (Å²) in [5.74, 6) is 0. The van der Waals surface area contributed by atoms with Crippen LogP contribution in [0, 0.1) is 11.3 Å². The maximum Gasteiger partial charge on any atom is 0.241 e. The van der Waals surface area contributed by atoms with E-state index >= 15 is 0 Å². The molecule has 0 amide bonds. The summed E-state index contributed by atoms with van der Waals surface area (Å²) in [5.41, 5.74) is 0.310. The molecule has 1 N–H and O–H groups in total. The van der Waals surface area contributed by atoms with Crippen molar-refractivity contribution in [1.82, 2.24) is 9.71 Å². The first-order chi connectivity index (χ1) is 9.03. The predicted molar refractivity (Wildman–Crippen MR) is 72.0 cm³/mol. The molecule has 2 aromatic rings. The fourth-order valence-corrected chi connectivity index (χ4v) is 3.51. The van der Waals surface area contributed by atoms with Crippen molar-refractivity contribution in [2.45, 2.75) is 17.9 Å². The van der Waals surface area contributed by atoms with Gasteiger partial charge in [0.1, 0.15) is 5.01 Å². The summed E-state index contributed by atoms with van der Waals surface area (Å²) in [5, 5.41) is 11.3. The van der Waals surface area contributed by atoms with E-state index in [1.54, 1.807) is 30.6 Å². The molecule has 1 aromatic heterocycles. The third kappa shape index (κ3) is 3.17. The largest absolute Gasteiger partial charge is 0.248 e. The van der Waals surface area contributed by atoms with Gasteiger partial charge in [0.2, 0.25) is 10.0 Å². The quantitative estimate of drug-likeness (QED) is 0.935. The van der Waals surface area contributed by atoms with Crippen molar-refractivity contribution in [2.24, 2.45) is 0 Å². The van der Waals surface area contributed by atoms with Gasteiger partial charge < -0.3 is 0 Å². The first-order valence-electron chi connectivity index (χ1n) is 5.45. The van der Waals surface area contributed by atoms with Gasteiger partial charge in [-0.3, -0.25) is 0 Å². The Morgan fingerprint density at radius 3 is 2.89 bits per heavy atom. The highest BCUT2D eigenvalue weighted by Crippen LogP contribution is 2.19. The number of sulfonamides is 1. The number of aromatic nitrogens is 1. The minimum atomic E-state index is -3.65. The zero-order valence-electron chi connectivity index (χ0n) is 10.1. The minimum absolute atomic E-state index is 0.0787. The Labute approximate surface area is 115 Å². The van der Waals surface area contributed by atoms with E-state index < -0.39 is 16.1 Å². The molecule has 0 fully saturated rings. The first-order valence-corrected chi connectivity index (χ1v) is 7.81. The van der Waals surface area contributed by atoms with Crippen LogP contribution in [0.2, 0.25) is 0 Å². The molecule has 98 valence electrons. The van der Waals surface area contributed by atoms with Crippen LogP contribution < -0.4 is 4.72 Å². The third-order valence-electron chi connectivity index (χ3n) is 2.43. The van der Waals surface area contributed by atoms with Gasteiger partial charge in [-0.2, -0.15) is 5.26 Å². The van der Waals surface area contributed by atoms with Crippen LogP contribution in [0.1, 0.15) is 23.5 Å². The Hall–Kier alpha value is -1.75. The van der Waals surface area contributed by atoms with E-state index in [1.165, 1.54) is 23.5 Å². The average Bonchev–Trinajstić information content (AvgIpc) is 2.92. The van der Waals surface area contributed by atoms with Gasteiger partial charge in [-0.05, 0) is 25.1 Å². The van der Waals surface area contributed by atoms with Gasteiger partial charge >= 0.3 is 0 Å². The molecule has 0 spiro atoms. The lowest BCUT2D eigenvalue weighted by Gasteiger charge is -2.11. The predicted octanol–water partition coefficient (Wildman–Crippen LogP) is 2.05. The zero-order chi connectivity index (χ0) is 13.9. The molecule has 0 aliphatic heterocycles. The maximum atomic E-state index is 12.2. The Kier molecular flexibility index (Phi) is 3.95. The molecule has 0 radical (unpaired) electrons. The lowest BCUT2D eigenvalue weighted by molar-refractivity contribution is 0.566. The van der Waals surface area contributed by atoms with Gasteiger partial charge in [-0.25, -0.2) is 18.1 Å². The smallest absolute Gasteiger partial charge is 0.241 e. The molecule has 5 nitrogen and oxygen atoms in total. The zero-order valence-corrected chi connectivity index (χ0v) is 11.7. The molecule has 19 heavy (non-hydrogen) atoms. The molecule has 7 heteroatoms. The molecule has 1 unspecified atom stereocenters. The van der Waals surface area contributed by atoms with Crippen LogP contribution >= 0.6 is 11.3 Å². The molecule has 0 aliphatic carbocycles. The number of hydrogen-bond donors (Lipinski definition) is 1. The second kappa shape index (κ2) is 5.48. The average molecular weight is 293 g/mol. The number of nitriles is 1.